The molecule has 4 N–H and O–H groups in total. The lowest BCUT2D eigenvalue weighted by Gasteiger charge is -2.36. The van der Waals surface area contributed by atoms with E-state index in [9.17, 15) is 9.59 Å². The van der Waals surface area contributed by atoms with Crippen LogP contribution in [0.4, 0.5) is 10.5 Å². The smallest absolute Gasteiger partial charge is 0.319 e. The molecule has 0 fully saturated rings. The normalized spacial score (nSPS) is 20.7. The number of amides is 3. The molecule has 0 spiro atoms. The largest absolute Gasteiger partial charge is 0.490 e. The fraction of sp³-hybridized carbons (Fsp3) is 0.424. The van der Waals surface area contributed by atoms with Crippen molar-refractivity contribution in [3.05, 3.63) is 77.5 Å². The number of allylic oxidation sites excluding steroid dienone is 3. The van der Waals surface area contributed by atoms with Gasteiger partial charge in [-0.05, 0) is 74.4 Å². The van der Waals surface area contributed by atoms with Crippen LogP contribution in [0.1, 0.15) is 49.2 Å². The molecule has 3 amide bonds. The quantitative estimate of drug-likeness (QED) is 0.302. The summed E-state index contributed by atoms with van der Waals surface area (Å²) in [6.45, 7) is 13.1. The van der Waals surface area contributed by atoms with Crippen molar-refractivity contribution < 1.29 is 19.1 Å². The molecule has 3 rings (SSSR count). The van der Waals surface area contributed by atoms with E-state index in [0.29, 0.717) is 36.6 Å². The fourth-order valence-electron chi connectivity index (χ4n) is 4.99. The SMILES string of the molecule is C=N/C=C\C(=C/C)c1ccc(CN2C[C@H](C)[C@@H](OC)CN(C)C(=O)c3cc(NC(=O)NC(C)C)ccc3OC[C@@H]2N)cc1. The zero-order valence-electron chi connectivity index (χ0n) is 26.2. The maximum Gasteiger partial charge on any atom is 0.319 e. The monoisotopic (exact) mass is 590 g/mol. The van der Waals surface area contributed by atoms with Gasteiger partial charge in [-0.2, -0.15) is 0 Å². The van der Waals surface area contributed by atoms with Crippen molar-refractivity contribution in [3.8, 4) is 5.75 Å². The van der Waals surface area contributed by atoms with Gasteiger partial charge in [0.25, 0.3) is 5.91 Å². The Morgan fingerprint density at radius 1 is 1.23 bits per heavy atom. The zero-order valence-corrected chi connectivity index (χ0v) is 26.2. The number of methoxy groups -OCH3 is 1. The van der Waals surface area contributed by atoms with Crippen molar-refractivity contribution in [2.45, 2.75) is 52.6 Å². The summed E-state index contributed by atoms with van der Waals surface area (Å²) < 4.78 is 12.0. The lowest BCUT2D eigenvalue weighted by molar-refractivity contribution is 0.00808. The van der Waals surface area contributed by atoms with Gasteiger partial charge in [-0.25, -0.2) is 4.79 Å². The Hall–Kier alpha value is -3.99. The number of fused-ring (bicyclic) bond motifs is 1. The van der Waals surface area contributed by atoms with Crippen molar-refractivity contribution in [2.24, 2.45) is 16.6 Å². The fourth-order valence-corrected chi connectivity index (χ4v) is 4.99. The van der Waals surface area contributed by atoms with Crippen LogP contribution in [0.15, 0.2) is 65.8 Å². The van der Waals surface area contributed by atoms with Crippen LogP contribution >= 0.6 is 0 Å². The van der Waals surface area contributed by atoms with E-state index in [-0.39, 0.29) is 36.6 Å². The predicted octanol–water partition coefficient (Wildman–Crippen LogP) is 4.74. The molecule has 2 aromatic carbocycles. The number of nitrogens with zero attached hydrogens (tertiary/aromatic N) is 3. The van der Waals surface area contributed by atoms with Crippen molar-refractivity contribution >= 4 is 29.9 Å². The summed E-state index contributed by atoms with van der Waals surface area (Å²) >= 11 is 0. The predicted molar refractivity (Wildman–Crippen MR) is 173 cm³/mol. The maximum atomic E-state index is 13.6. The Labute approximate surface area is 255 Å². The van der Waals surface area contributed by atoms with E-state index in [4.69, 9.17) is 15.2 Å². The third-order valence-corrected chi connectivity index (χ3v) is 7.37. The Kier molecular flexibility index (Phi) is 12.5. The second kappa shape index (κ2) is 16.0. The van der Waals surface area contributed by atoms with Crippen molar-refractivity contribution in [1.82, 2.24) is 15.1 Å². The Morgan fingerprint density at radius 3 is 2.58 bits per heavy atom. The molecule has 1 aliphatic heterocycles. The zero-order chi connectivity index (χ0) is 31.5. The van der Waals surface area contributed by atoms with Crippen LogP contribution in [0.5, 0.6) is 5.75 Å². The lowest BCUT2D eigenvalue weighted by atomic mass is 10.0. The summed E-state index contributed by atoms with van der Waals surface area (Å²) in [5, 5.41) is 5.58. The lowest BCUT2D eigenvalue weighted by Crippen LogP contribution is -2.50. The van der Waals surface area contributed by atoms with Crippen molar-refractivity contribution in [1.29, 1.82) is 0 Å². The summed E-state index contributed by atoms with van der Waals surface area (Å²) in [5.74, 6) is 0.223. The molecule has 43 heavy (non-hydrogen) atoms. The topological polar surface area (TPSA) is 122 Å². The first-order valence-electron chi connectivity index (χ1n) is 14.6. The first kappa shape index (κ1) is 33.5. The number of ether oxygens (including phenoxy) is 2. The molecule has 0 aromatic heterocycles. The summed E-state index contributed by atoms with van der Waals surface area (Å²) in [6.07, 6.45) is 4.96. The van der Waals surface area contributed by atoms with Gasteiger partial charge in [0.1, 0.15) is 12.4 Å². The third kappa shape index (κ3) is 9.51. The molecular weight excluding hydrogens is 544 g/mol. The Morgan fingerprint density at radius 2 is 1.95 bits per heavy atom. The number of benzene rings is 2. The standard InChI is InChI=1S/C33H46N6O4/c1-8-25(15-16-35-5)26-11-9-24(10-12-26)19-39-18-23(4)30(42-7)20-38(6)32(40)28-17-27(37-33(41)36-22(2)3)13-14-29(28)43-21-31(39)34/h8-17,22-23,30-31H,5,18-21,34H2,1-4,6-7H3,(H2,36,37,41)/b16-15-,25-8+/t23-,30-,31+/m0/s1. The summed E-state index contributed by atoms with van der Waals surface area (Å²) in [5.41, 5.74) is 10.8. The van der Waals surface area contributed by atoms with Crippen LogP contribution in [0, 0.1) is 5.92 Å². The number of aliphatic imine (C=N–C) groups is 1. The van der Waals surface area contributed by atoms with Crippen LogP contribution in [0.3, 0.4) is 0 Å². The van der Waals surface area contributed by atoms with E-state index in [2.05, 4.69) is 58.4 Å². The molecular formula is C33H46N6O4. The highest BCUT2D eigenvalue weighted by atomic mass is 16.5. The first-order chi connectivity index (χ1) is 20.6. The molecule has 2 aromatic rings. The van der Waals surface area contributed by atoms with Gasteiger partial charge in [-0.1, -0.05) is 37.3 Å². The number of urea groups is 1. The average molecular weight is 591 g/mol. The van der Waals surface area contributed by atoms with E-state index in [1.54, 1.807) is 43.5 Å². The highest BCUT2D eigenvalue weighted by Crippen LogP contribution is 2.27. The second-order valence-corrected chi connectivity index (χ2v) is 11.1. The molecule has 0 aliphatic carbocycles. The molecule has 0 saturated heterocycles. The molecule has 1 heterocycles. The molecule has 0 radical (unpaired) electrons. The number of hydrogen-bond acceptors (Lipinski definition) is 7. The van der Waals surface area contributed by atoms with Gasteiger partial charge in [0, 0.05) is 51.7 Å². The number of carbonyl (C=O) groups is 2. The first-order valence-corrected chi connectivity index (χ1v) is 14.6. The maximum absolute atomic E-state index is 13.6. The van der Waals surface area contributed by atoms with Gasteiger partial charge >= 0.3 is 6.03 Å². The Balaban J connectivity index is 1.88. The molecule has 3 atom stereocenters. The van der Waals surface area contributed by atoms with Crippen LogP contribution in [-0.4, -0.2) is 80.6 Å². The van der Waals surface area contributed by atoms with E-state index in [1.807, 2.05) is 32.9 Å². The minimum atomic E-state index is -0.456. The van der Waals surface area contributed by atoms with E-state index in [0.717, 1.165) is 16.7 Å². The third-order valence-electron chi connectivity index (χ3n) is 7.37. The number of carbonyl (C=O) groups excluding carboxylic acids is 2. The molecule has 232 valence electrons. The molecule has 10 nitrogen and oxygen atoms in total. The number of nitrogens with two attached hydrogens (primary N) is 1. The number of rotatable bonds is 8. The van der Waals surface area contributed by atoms with Gasteiger partial charge in [0.15, 0.2) is 0 Å². The molecule has 10 heteroatoms. The minimum absolute atomic E-state index is 0.0292. The highest BCUT2D eigenvalue weighted by Gasteiger charge is 2.29. The number of nitrogens with one attached hydrogen (secondary N) is 2. The van der Waals surface area contributed by atoms with Crippen LogP contribution in [-0.2, 0) is 11.3 Å². The highest BCUT2D eigenvalue weighted by molar-refractivity contribution is 5.99. The molecule has 0 saturated carbocycles. The summed E-state index contributed by atoms with van der Waals surface area (Å²) in [6, 6.07) is 13.0. The van der Waals surface area contributed by atoms with E-state index < -0.39 is 6.17 Å². The van der Waals surface area contributed by atoms with Crippen molar-refractivity contribution in [2.75, 3.05) is 39.2 Å². The van der Waals surface area contributed by atoms with Crippen LogP contribution in [0.2, 0.25) is 0 Å². The van der Waals surface area contributed by atoms with Crippen LogP contribution in [0.25, 0.3) is 5.57 Å². The van der Waals surface area contributed by atoms with Gasteiger partial charge in [0.05, 0.1) is 17.8 Å². The van der Waals surface area contributed by atoms with Gasteiger partial charge in [-0.15, -0.1) is 0 Å². The van der Waals surface area contributed by atoms with Crippen molar-refractivity contribution in [3.63, 3.8) is 0 Å². The molecule has 0 unspecified atom stereocenters. The van der Waals surface area contributed by atoms with E-state index in [1.165, 1.54) is 0 Å². The van der Waals surface area contributed by atoms with Gasteiger partial charge < -0.3 is 30.7 Å². The van der Waals surface area contributed by atoms with Gasteiger partial charge in [0.2, 0.25) is 0 Å². The summed E-state index contributed by atoms with van der Waals surface area (Å²) in [4.78, 5) is 33.5. The van der Waals surface area contributed by atoms with E-state index >= 15 is 0 Å². The second-order valence-electron chi connectivity index (χ2n) is 11.1. The summed E-state index contributed by atoms with van der Waals surface area (Å²) in [7, 11) is 3.41. The van der Waals surface area contributed by atoms with Crippen LogP contribution < -0.4 is 21.1 Å². The number of likely N-dealkylation sites (N-methyl/N-ethyl adjacent to an activating group) is 1. The average Bonchev–Trinajstić information content (AvgIpc) is 2.98. The Bertz CT molecular complexity index is 1310. The van der Waals surface area contributed by atoms with Gasteiger partial charge in [-0.3, -0.25) is 14.7 Å². The minimum Gasteiger partial charge on any atom is -0.490 e. The molecule has 1 aliphatic rings. The number of anilines is 1. The number of hydrogen-bond donors (Lipinski definition) is 3. The molecule has 0 bridgehead atoms.